The molecular weight excluding hydrogens is 1030 g/mol. The van der Waals surface area contributed by atoms with Crippen LogP contribution in [-0.4, -0.2) is 68.5 Å². The summed E-state index contributed by atoms with van der Waals surface area (Å²) in [7, 11) is 1.25. The SMILES string of the molecule is CC/C=C\C/C=C\C/C=C\C/C=C\C/C=C\CCCCCCCCCCCCCCCCCCCCCCCCCCCC(=O)NC(COP(=O)([O-])OCC[N+](C)(C)C)C(O)/C=C/CC/C=C/CCCCCCCCCCCCCCC. The van der Waals surface area contributed by atoms with Crippen LogP contribution in [0.1, 0.15) is 322 Å². The van der Waals surface area contributed by atoms with Crippen molar-refractivity contribution in [3.05, 3.63) is 85.1 Å². The number of likely N-dealkylation sites (N-methyl/N-ethyl adjacent to an activating group) is 1. The van der Waals surface area contributed by atoms with E-state index >= 15 is 0 Å². The smallest absolute Gasteiger partial charge is 0.268 e. The molecule has 1 amide bonds. The maximum absolute atomic E-state index is 13.0. The van der Waals surface area contributed by atoms with Gasteiger partial charge in [0.15, 0.2) is 0 Å². The average Bonchev–Trinajstić information content (AvgIpc) is 3.47. The minimum atomic E-state index is -4.61. The Hall–Kier alpha value is -2.32. The molecule has 0 rings (SSSR count). The first-order valence-corrected chi connectivity index (χ1v) is 36.4. The number of aliphatic hydroxyl groups excluding tert-OH is 1. The Morgan fingerprint density at radius 2 is 0.756 bits per heavy atom. The third-order valence-electron chi connectivity index (χ3n) is 15.6. The first kappa shape index (κ1) is 79.7. The van der Waals surface area contributed by atoms with Crippen LogP contribution in [0.2, 0.25) is 0 Å². The van der Waals surface area contributed by atoms with Gasteiger partial charge in [0.05, 0.1) is 39.9 Å². The molecule has 478 valence electrons. The van der Waals surface area contributed by atoms with E-state index in [0.29, 0.717) is 17.4 Å². The molecule has 9 heteroatoms. The van der Waals surface area contributed by atoms with Crippen LogP contribution in [0.3, 0.4) is 0 Å². The lowest BCUT2D eigenvalue weighted by atomic mass is 10.0. The summed E-state index contributed by atoms with van der Waals surface area (Å²) in [6.45, 7) is 4.55. The maximum Gasteiger partial charge on any atom is 0.268 e. The number of hydrogen-bond donors (Lipinski definition) is 2. The van der Waals surface area contributed by atoms with Crippen LogP contribution < -0.4 is 10.2 Å². The summed E-state index contributed by atoms with van der Waals surface area (Å²) < 4.78 is 23.4. The molecule has 3 atom stereocenters. The van der Waals surface area contributed by atoms with Gasteiger partial charge in [-0.25, -0.2) is 0 Å². The van der Waals surface area contributed by atoms with E-state index in [0.717, 1.165) is 70.6 Å². The zero-order valence-corrected chi connectivity index (χ0v) is 55.6. The molecule has 8 nitrogen and oxygen atoms in total. The molecule has 0 aromatic carbocycles. The van der Waals surface area contributed by atoms with E-state index in [1.54, 1.807) is 6.08 Å². The van der Waals surface area contributed by atoms with Crippen LogP contribution in [0.15, 0.2) is 85.1 Å². The van der Waals surface area contributed by atoms with E-state index in [2.05, 4.69) is 92.1 Å². The molecule has 0 aliphatic rings. The van der Waals surface area contributed by atoms with Gasteiger partial charge in [-0.1, -0.05) is 324 Å². The van der Waals surface area contributed by atoms with Gasteiger partial charge in [0.25, 0.3) is 7.82 Å². The van der Waals surface area contributed by atoms with Gasteiger partial charge in [0.2, 0.25) is 5.91 Å². The van der Waals surface area contributed by atoms with Gasteiger partial charge in [0.1, 0.15) is 13.2 Å². The van der Waals surface area contributed by atoms with E-state index in [1.807, 2.05) is 27.2 Å². The topological polar surface area (TPSA) is 108 Å². The molecule has 82 heavy (non-hydrogen) atoms. The third kappa shape index (κ3) is 65.2. The fraction of sp³-hybridized carbons (Fsp3) is 0.795. The number of amides is 1. The summed E-state index contributed by atoms with van der Waals surface area (Å²) in [6.07, 6.45) is 90.0. The Kier molecular flexibility index (Phi) is 61.4. The number of phosphoric ester groups is 1. The Morgan fingerprint density at radius 3 is 1.13 bits per heavy atom. The highest BCUT2D eigenvalue weighted by Gasteiger charge is 2.23. The Balaban J connectivity index is 3.95. The van der Waals surface area contributed by atoms with Crippen molar-refractivity contribution in [3.8, 4) is 0 Å². The van der Waals surface area contributed by atoms with Crippen LogP contribution in [-0.2, 0) is 18.4 Å². The third-order valence-corrected chi connectivity index (χ3v) is 16.6. The molecule has 0 spiro atoms. The van der Waals surface area contributed by atoms with Gasteiger partial charge in [-0.3, -0.25) is 9.36 Å². The lowest BCUT2D eigenvalue weighted by Gasteiger charge is -2.29. The quantitative estimate of drug-likeness (QED) is 0.0272. The fourth-order valence-electron chi connectivity index (χ4n) is 10.2. The minimum Gasteiger partial charge on any atom is -0.756 e. The summed E-state index contributed by atoms with van der Waals surface area (Å²) in [5, 5.41) is 13.9. The molecule has 0 saturated carbocycles. The second kappa shape index (κ2) is 63.2. The van der Waals surface area contributed by atoms with Gasteiger partial charge in [0, 0.05) is 6.42 Å². The number of hydrogen-bond acceptors (Lipinski definition) is 6. The Labute approximate surface area is 509 Å². The highest BCUT2D eigenvalue weighted by Crippen LogP contribution is 2.38. The second-order valence-corrected chi connectivity index (χ2v) is 26.3. The van der Waals surface area contributed by atoms with Crippen LogP contribution in [0.4, 0.5) is 0 Å². The van der Waals surface area contributed by atoms with Crippen molar-refractivity contribution in [1.82, 2.24) is 5.32 Å². The predicted octanol–water partition coefficient (Wildman–Crippen LogP) is 21.7. The van der Waals surface area contributed by atoms with Crippen molar-refractivity contribution in [1.29, 1.82) is 0 Å². The van der Waals surface area contributed by atoms with Gasteiger partial charge >= 0.3 is 0 Å². The lowest BCUT2D eigenvalue weighted by molar-refractivity contribution is -0.870. The van der Waals surface area contributed by atoms with Crippen LogP contribution in [0.5, 0.6) is 0 Å². The summed E-state index contributed by atoms with van der Waals surface area (Å²) in [6, 6.07) is -0.905. The molecule has 0 aromatic heterocycles. The monoisotopic (exact) mass is 1170 g/mol. The molecule has 0 fully saturated rings. The predicted molar refractivity (Wildman–Crippen MR) is 357 cm³/mol. The van der Waals surface area contributed by atoms with E-state index in [1.165, 1.54) is 231 Å². The number of allylic oxidation sites excluding steroid dienone is 13. The normalized spacial score (nSPS) is 14.2. The number of unbranched alkanes of at least 4 members (excludes halogenated alkanes) is 39. The first-order valence-electron chi connectivity index (χ1n) is 34.9. The van der Waals surface area contributed by atoms with Crippen molar-refractivity contribution < 1.29 is 32.9 Å². The second-order valence-electron chi connectivity index (χ2n) is 24.8. The zero-order chi connectivity index (χ0) is 59.8. The van der Waals surface area contributed by atoms with Crippen LogP contribution in [0, 0.1) is 0 Å². The van der Waals surface area contributed by atoms with E-state index in [9.17, 15) is 19.4 Å². The summed E-state index contributed by atoms with van der Waals surface area (Å²) in [5.41, 5.74) is 0. The molecule has 0 aromatic rings. The molecule has 3 unspecified atom stereocenters. The number of carbonyl (C=O) groups excluding carboxylic acids is 1. The molecular formula is C73H135N2O6P. The van der Waals surface area contributed by atoms with Gasteiger partial charge < -0.3 is 28.8 Å². The van der Waals surface area contributed by atoms with Crippen LogP contribution in [0.25, 0.3) is 0 Å². The summed E-state index contributed by atoms with van der Waals surface area (Å²) in [4.78, 5) is 25.6. The summed E-state index contributed by atoms with van der Waals surface area (Å²) in [5.74, 6) is -0.203. The van der Waals surface area contributed by atoms with Gasteiger partial charge in [-0.15, -0.1) is 0 Å². The molecule has 0 radical (unpaired) electrons. The van der Waals surface area contributed by atoms with Crippen molar-refractivity contribution >= 4 is 13.7 Å². The number of rotatable bonds is 64. The largest absolute Gasteiger partial charge is 0.756 e. The van der Waals surface area contributed by atoms with E-state index in [4.69, 9.17) is 9.05 Å². The number of quaternary nitrogens is 1. The molecule has 0 bridgehead atoms. The van der Waals surface area contributed by atoms with E-state index in [-0.39, 0.29) is 12.5 Å². The molecule has 0 aliphatic carbocycles. The zero-order valence-electron chi connectivity index (χ0n) is 54.7. The first-order chi connectivity index (χ1) is 40.0. The van der Waals surface area contributed by atoms with Crippen molar-refractivity contribution in [2.24, 2.45) is 0 Å². The number of nitrogens with one attached hydrogen (secondary N) is 1. The standard InChI is InChI=1S/C73H135N2O6P/c1-6-8-10-12-14-16-18-20-22-24-26-27-28-29-30-31-32-33-34-35-36-37-38-39-40-41-42-43-44-45-46-47-49-51-53-55-57-59-61-63-65-67-73(77)74-71(70-81-82(78,79)80-69-68-75(3,4)5)72(76)66-64-62-60-58-56-54-52-50-48-25-23-21-19-17-15-13-11-9-7-2/h8,10,14,16,20,22,26-27,29-30,56,58,64,66,71-72,76H,6-7,9,11-13,15,17-19,21,23-25,28,31-55,57,59-63,65,67-70H2,1-5H3,(H-,74,77,78,79)/b10-8-,16-14-,22-20-,27-26-,30-29-,58-56+,66-64+. The Morgan fingerprint density at radius 1 is 0.439 bits per heavy atom. The van der Waals surface area contributed by atoms with Gasteiger partial charge in [-0.2, -0.15) is 0 Å². The average molecular weight is 1170 g/mol. The Bertz CT molecular complexity index is 1610. The molecule has 2 N–H and O–H groups in total. The number of nitrogens with zero attached hydrogens (tertiary/aromatic N) is 1. The van der Waals surface area contributed by atoms with Crippen molar-refractivity contribution in [2.45, 2.75) is 334 Å². The lowest BCUT2D eigenvalue weighted by Crippen LogP contribution is -2.45. The summed E-state index contributed by atoms with van der Waals surface area (Å²) >= 11 is 0. The fourth-order valence-corrected chi connectivity index (χ4v) is 10.9. The highest BCUT2D eigenvalue weighted by atomic mass is 31.2. The highest BCUT2D eigenvalue weighted by molar-refractivity contribution is 7.45. The minimum absolute atomic E-state index is 0.00639. The van der Waals surface area contributed by atoms with Crippen LogP contribution >= 0.6 is 7.82 Å². The number of phosphoric acid groups is 1. The molecule has 0 saturated heterocycles. The maximum atomic E-state index is 13.0. The molecule has 0 heterocycles. The number of carbonyl (C=O) groups is 1. The number of aliphatic hydroxyl groups is 1. The van der Waals surface area contributed by atoms with Gasteiger partial charge in [-0.05, 0) is 77.0 Å². The van der Waals surface area contributed by atoms with E-state index < -0.39 is 26.6 Å². The molecule has 0 aliphatic heterocycles. The van der Waals surface area contributed by atoms with Crippen molar-refractivity contribution in [3.63, 3.8) is 0 Å². The van der Waals surface area contributed by atoms with Crippen molar-refractivity contribution in [2.75, 3.05) is 40.9 Å².